The summed E-state index contributed by atoms with van der Waals surface area (Å²) < 4.78 is 51.8. The lowest BCUT2D eigenvalue weighted by Crippen LogP contribution is -2.70. The molecule has 2 saturated heterocycles. The number of carboxylic acids is 1. The Morgan fingerprint density at radius 3 is 2.48 bits per heavy atom. The van der Waals surface area contributed by atoms with Gasteiger partial charge in [0.15, 0.2) is 5.82 Å². The summed E-state index contributed by atoms with van der Waals surface area (Å²) in [5, 5.41) is 10.9. The lowest BCUT2D eigenvalue weighted by atomic mass is 10.0. The van der Waals surface area contributed by atoms with Crippen molar-refractivity contribution in [1.29, 1.82) is 0 Å². The van der Waals surface area contributed by atoms with E-state index in [1.807, 2.05) is 7.05 Å². The van der Waals surface area contributed by atoms with E-state index in [0.717, 1.165) is 16.8 Å². The number of alkyl halides is 1. The van der Waals surface area contributed by atoms with Crippen molar-refractivity contribution in [1.82, 2.24) is 14.8 Å². The number of likely N-dealkylation sites (N-methyl/N-ethyl adjacent to an activating group) is 1. The second kappa shape index (κ2) is 12.3. The van der Waals surface area contributed by atoms with Crippen molar-refractivity contribution in [3.63, 3.8) is 0 Å². The lowest BCUT2D eigenvalue weighted by molar-refractivity contribution is -0.905. The van der Waals surface area contributed by atoms with Gasteiger partial charge in [0.25, 0.3) is 5.91 Å². The second-order valence-corrected chi connectivity index (χ2v) is 13.9. The Kier molecular flexibility index (Phi) is 8.90. The standard InChI is InChI=1S/C30H34F3N5O7S/c1-30(2,3)45-29(44)22-16(14-46-27-21(34-15-39)26(41)37(22)27)13-38(4)9-7-35(8-10-38)24-19(32)11-17-23(20(24)33)36(6-5-31)12-18(25(17)40)28(42)43/h11-12,15,21,27H,5-10,13-14H2,1-4H3,(H-,34,39,42,43)/p+1. The zero-order chi connectivity index (χ0) is 33.7. The van der Waals surface area contributed by atoms with Gasteiger partial charge >= 0.3 is 11.9 Å². The Balaban J connectivity index is 1.43. The van der Waals surface area contributed by atoms with Gasteiger partial charge in [0.2, 0.25) is 11.8 Å². The van der Waals surface area contributed by atoms with E-state index in [1.54, 1.807) is 20.8 Å². The molecule has 0 bridgehead atoms. The summed E-state index contributed by atoms with van der Waals surface area (Å²) in [4.78, 5) is 64.6. The number of nitrogens with one attached hydrogen (secondary N) is 1. The molecule has 2 atom stereocenters. The number of aromatic nitrogens is 1. The number of quaternary nitrogens is 1. The van der Waals surface area contributed by atoms with Crippen LogP contribution in [0.1, 0.15) is 31.1 Å². The lowest BCUT2D eigenvalue weighted by Gasteiger charge is -2.50. The van der Waals surface area contributed by atoms with E-state index in [9.17, 15) is 33.5 Å². The highest BCUT2D eigenvalue weighted by Crippen LogP contribution is 2.42. The van der Waals surface area contributed by atoms with E-state index in [2.05, 4.69) is 5.32 Å². The van der Waals surface area contributed by atoms with Crippen LogP contribution in [0, 0.1) is 11.6 Å². The predicted molar refractivity (Wildman–Crippen MR) is 163 cm³/mol. The van der Waals surface area contributed by atoms with Crippen LogP contribution in [-0.4, -0.2) is 113 Å². The number of thioether (sulfide) groups is 1. The van der Waals surface area contributed by atoms with Crippen molar-refractivity contribution in [2.24, 2.45) is 0 Å². The number of hydrogen-bond donors (Lipinski definition) is 2. The molecule has 248 valence electrons. The minimum absolute atomic E-state index is 0.146. The van der Waals surface area contributed by atoms with Crippen molar-refractivity contribution in [2.45, 2.75) is 44.3 Å². The number of pyridine rings is 1. The first-order valence-electron chi connectivity index (χ1n) is 14.6. The van der Waals surface area contributed by atoms with E-state index in [1.165, 1.54) is 21.6 Å². The molecule has 0 aliphatic carbocycles. The molecule has 0 spiro atoms. The van der Waals surface area contributed by atoms with E-state index in [4.69, 9.17) is 4.74 Å². The first-order chi connectivity index (χ1) is 21.6. The van der Waals surface area contributed by atoms with Crippen LogP contribution in [0.4, 0.5) is 18.9 Å². The van der Waals surface area contributed by atoms with Gasteiger partial charge in [-0.15, -0.1) is 11.8 Å². The molecule has 4 heterocycles. The third kappa shape index (κ3) is 5.95. The number of carbonyl (C=O) groups is 4. The normalized spacial score (nSPS) is 21.2. The third-order valence-electron chi connectivity index (χ3n) is 8.38. The Morgan fingerprint density at radius 1 is 1.22 bits per heavy atom. The van der Waals surface area contributed by atoms with E-state index < -0.39 is 81.8 Å². The van der Waals surface area contributed by atoms with Gasteiger partial charge in [-0.25, -0.2) is 22.8 Å². The fraction of sp³-hybridized carbons (Fsp3) is 0.500. The van der Waals surface area contributed by atoms with Gasteiger partial charge in [-0.1, -0.05) is 0 Å². The van der Waals surface area contributed by atoms with Crippen LogP contribution in [0.2, 0.25) is 0 Å². The molecule has 46 heavy (non-hydrogen) atoms. The number of piperazine rings is 1. The molecule has 2 amide bonds. The van der Waals surface area contributed by atoms with Crippen LogP contribution in [0.15, 0.2) is 28.3 Å². The van der Waals surface area contributed by atoms with Crippen molar-refractivity contribution in [3.05, 3.63) is 51.0 Å². The third-order valence-corrected chi connectivity index (χ3v) is 9.72. The highest BCUT2D eigenvalue weighted by atomic mass is 32.2. The number of carboxylic acid groups (broad SMARTS) is 1. The number of benzene rings is 1. The van der Waals surface area contributed by atoms with Gasteiger partial charge in [0.1, 0.15) is 53.0 Å². The van der Waals surface area contributed by atoms with Gasteiger partial charge < -0.3 is 29.1 Å². The van der Waals surface area contributed by atoms with Gasteiger partial charge in [-0.3, -0.25) is 19.3 Å². The Morgan fingerprint density at radius 2 is 1.89 bits per heavy atom. The number of halogens is 3. The van der Waals surface area contributed by atoms with Crippen LogP contribution < -0.4 is 15.6 Å². The quantitative estimate of drug-likeness (QED) is 0.178. The molecule has 2 N–H and O–H groups in total. The average Bonchev–Trinajstić information content (AvgIpc) is 2.97. The number of ether oxygens (including phenoxy) is 1. The monoisotopic (exact) mass is 666 g/mol. The first kappa shape index (κ1) is 33.3. The van der Waals surface area contributed by atoms with Crippen molar-refractivity contribution >= 4 is 52.6 Å². The molecular weight excluding hydrogens is 631 g/mol. The van der Waals surface area contributed by atoms with Crippen LogP contribution in [0.5, 0.6) is 0 Å². The van der Waals surface area contributed by atoms with E-state index >= 15 is 8.78 Å². The maximum atomic E-state index is 16.0. The summed E-state index contributed by atoms with van der Waals surface area (Å²) in [5.41, 5.74) is -2.58. The number of nitrogens with zero attached hydrogens (tertiary/aromatic N) is 4. The number of anilines is 1. The van der Waals surface area contributed by atoms with Crippen LogP contribution in [0.25, 0.3) is 10.9 Å². The molecule has 0 radical (unpaired) electrons. The van der Waals surface area contributed by atoms with Crippen LogP contribution >= 0.6 is 11.8 Å². The zero-order valence-corrected chi connectivity index (χ0v) is 26.6. The summed E-state index contributed by atoms with van der Waals surface area (Å²) in [6.07, 6.45) is 1.32. The highest BCUT2D eigenvalue weighted by molar-refractivity contribution is 8.00. The van der Waals surface area contributed by atoms with Gasteiger partial charge in [-0.2, -0.15) is 0 Å². The van der Waals surface area contributed by atoms with E-state index in [-0.39, 0.29) is 24.3 Å². The maximum absolute atomic E-state index is 16.0. The number of β-lactam (4-membered cyclic amide) rings is 1. The van der Waals surface area contributed by atoms with Gasteiger partial charge in [-0.05, 0) is 26.8 Å². The number of esters is 1. The Labute approximate surface area is 266 Å². The molecule has 2 fully saturated rings. The van der Waals surface area contributed by atoms with Crippen molar-refractivity contribution in [2.75, 3.05) is 57.1 Å². The fourth-order valence-electron chi connectivity index (χ4n) is 6.19. The van der Waals surface area contributed by atoms with E-state index in [0.29, 0.717) is 41.9 Å². The molecule has 0 saturated carbocycles. The summed E-state index contributed by atoms with van der Waals surface area (Å²) >= 11 is 1.42. The second-order valence-electron chi connectivity index (χ2n) is 12.8. The van der Waals surface area contributed by atoms with Crippen molar-refractivity contribution < 1.29 is 46.7 Å². The number of rotatable bonds is 9. The van der Waals surface area contributed by atoms with Crippen LogP contribution in [-0.2, 0) is 25.7 Å². The zero-order valence-electron chi connectivity index (χ0n) is 25.8. The summed E-state index contributed by atoms with van der Waals surface area (Å²) in [6, 6.07) is 0.0446. The predicted octanol–water partition coefficient (Wildman–Crippen LogP) is 1.84. The summed E-state index contributed by atoms with van der Waals surface area (Å²) in [7, 11) is 1.93. The Bertz CT molecular complexity index is 1720. The number of amides is 2. The molecule has 1 aromatic heterocycles. The molecule has 5 rings (SSSR count). The minimum atomic E-state index is -1.59. The molecule has 1 aromatic carbocycles. The smallest absolute Gasteiger partial charge is 0.355 e. The molecular formula is C30H35F3N5O7S+. The number of aromatic carboxylic acids is 1. The molecule has 16 heteroatoms. The fourth-order valence-corrected chi connectivity index (χ4v) is 7.54. The SMILES string of the molecule is CC(C)(C)OC(=O)C1=C(C[N+]2(C)CCN(c3c(F)cc4c(=O)c(C(=O)O)cn(CCF)c4c3F)CC2)CSC2C(NC=O)C(=O)N12. The van der Waals surface area contributed by atoms with Gasteiger partial charge in [0.05, 0.1) is 50.7 Å². The summed E-state index contributed by atoms with van der Waals surface area (Å²) in [6.45, 7) is 5.20. The van der Waals surface area contributed by atoms with Crippen LogP contribution in [0.3, 0.4) is 0 Å². The summed E-state index contributed by atoms with van der Waals surface area (Å²) in [5.74, 6) is -4.40. The largest absolute Gasteiger partial charge is 0.477 e. The molecule has 3 aliphatic rings. The molecule has 3 aliphatic heterocycles. The topological polar surface area (TPSA) is 138 Å². The first-order valence-corrected chi connectivity index (χ1v) is 15.7. The Hall–Kier alpha value is -4.05. The average molecular weight is 667 g/mol. The molecule has 2 aromatic rings. The number of hydrogen-bond acceptors (Lipinski definition) is 8. The highest BCUT2D eigenvalue weighted by Gasteiger charge is 2.54. The maximum Gasteiger partial charge on any atom is 0.355 e. The number of aryl methyl sites for hydroxylation is 1. The molecule has 12 nitrogen and oxygen atoms in total. The number of fused-ring (bicyclic) bond motifs is 2. The number of carbonyl (C=O) groups excluding carboxylic acids is 3. The van der Waals surface area contributed by atoms with Gasteiger partial charge in [0, 0.05) is 17.5 Å². The molecule has 2 unspecified atom stereocenters. The minimum Gasteiger partial charge on any atom is -0.477 e. The van der Waals surface area contributed by atoms with Crippen molar-refractivity contribution in [3.8, 4) is 0 Å².